The first kappa shape index (κ1) is 9.08. The molecule has 0 aromatic rings. The number of fused-ring (bicyclic) bond motifs is 1. The van der Waals surface area contributed by atoms with Crippen LogP contribution in [-0.4, -0.2) is 41.8 Å². The summed E-state index contributed by atoms with van der Waals surface area (Å²) in [6.07, 6.45) is -2.37. The first-order valence-corrected chi connectivity index (χ1v) is 4.18. The van der Waals surface area contributed by atoms with Crippen molar-refractivity contribution in [2.45, 2.75) is 44.2 Å². The molecule has 5 heteroatoms. The lowest BCUT2D eigenvalue weighted by atomic mass is 10.1. The topological polar surface area (TPSA) is 65.0 Å². The van der Waals surface area contributed by atoms with Gasteiger partial charge in [-0.1, -0.05) is 0 Å². The van der Waals surface area contributed by atoms with Crippen molar-refractivity contribution in [1.82, 2.24) is 0 Å². The maximum absolute atomic E-state index is 10.4. The number of rotatable bonds is 1. The molecule has 74 valence electrons. The number of hydrogen-bond acceptors (Lipinski definition) is 5. The Balaban J connectivity index is 2.11. The number of carbonyl (C=O) groups is 1. The van der Waals surface area contributed by atoms with Crippen LogP contribution in [0.25, 0.3) is 0 Å². The van der Waals surface area contributed by atoms with Crippen molar-refractivity contribution >= 4 is 6.29 Å². The van der Waals surface area contributed by atoms with Gasteiger partial charge in [0.15, 0.2) is 18.4 Å². The summed E-state index contributed by atoms with van der Waals surface area (Å²) in [5.74, 6) is -0.746. The normalized spacial score (nSPS) is 47.6. The number of ether oxygens (including phenoxy) is 3. The minimum absolute atomic E-state index is 0.551. The molecule has 0 saturated carbocycles. The lowest BCUT2D eigenvalue weighted by molar-refractivity contribution is -0.212. The standard InChI is InChI=1S/C8H12O5/c1-8(2)12-6-5(10)4(3-9)11-7(6)13-8/h3-7,10H,1-2H3/t4-,5-,6-,7-/m0/s1. The van der Waals surface area contributed by atoms with E-state index in [2.05, 4.69) is 0 Å². The highest BCUT2D eigenvalue weighted by molar-refractivity contribution is 5.58. The fourth-order valence-corrected chi connectivity index (χ4v) is 1.63. The maximum atomic E-state index is 10.4. The second-order valence-electron chi connectivity index (χ2n) is 3.70. The van der Waals surface area contributed by atoms with Crippen LogP contribution in [0.4, 0.5) is 0 Å². The molecule has 2 fully saturated rings. The summed E-state index contributed by atoms with van der Waals surface area (Å²) in [6.45, 7) is 3.47. The predicted molar refractivity (Wildman–Crippen MR) is 40.8 cm³/mol. The molecular weight excluding hydrogens is 176 g/mol. The third kappa shape index (κ3) is 1.38. The molecule has 5 nitrogen and oxygen atoms in total. The molecule has 2 aliphatic heterocycles. The highest BCUT2D eigenvalue weighted by Crippen LogP contribution is 2.36. The number of hydrogen-bond donors (Lipinski definition) is 1. The lowest BCUT2D eigenvalue weighted by Crippen LogP contribution is -2.35. The van der Waals surface area contributed by atoms with E-state index in [0.717, 1.165) is 0 Å². The van der Waals surface area contributed by atoms with Gasteiger partial charge in [0.05, 0.1) is 0 Å². The van der Waals surface area contributed by atoms with Gasteiger partial charge < -0.3 is 24.1 Å². The van der Waals surface area contributed by atoms with Gasteiger partial charge in [0.1, 0.15) is 18.3 Å². The molecule has 2 rings (SSSR count). The SMILES string of the molecule is CC1(C)O[C@@H]2O[C@@H](C=O)[C@H](O)[C@@H]2O1. The maximum Gasteiger partial charge on any atom is 0.190 e. The van der Waals surface area contributed by atoms with Crippen molar-refractivity contribution in [2.24, 2.45) is 0 Å². The van der Waals surface area contributed by atoms with E-state index in [1.807, 2.05) is 0 Å². The van der Waals surface area contributed by atoms with E-state index in [4.69, 9.17) is 14.2 Å². The molecule has 0 aliphatic carbocycles. The second kappa shape index (κ2) is 2.75. The molecule has 0 spiro atoms. The van der Waals surface area contributed by atoms with Crippen LogP contribution in [0.1, 0.15) is 13.8 Å². The molecule has 1 N–H and O–H groups in total. The Hall–Kier alpha value is -0.490. The van der Waals surface area contributed by atoms with Crippen molar-refractivity contribution < 1.29 is 24.1 Å². The van der Waals surface area contributed by atoms with Crippen molar-refractivity contribution in [3.8, 4) is 0 Å². The number of aliphatic hydroxyl groups is 1. The zero-order valence-electron chi connectivity index (χ0n) is 7.47. The summed E-state index contributed by atoms with van der Waals surface area (Å²) in [6, 6.07) is 0. The molecule has 0 unspecified atom stereocenters. The van der Waals surface area contributed by atoms with E-state index in [-0.39, 0.29) is 0 Å². The molecule has 0 aromatic heterocycles. The Morgan fingerprint density at radius 2 is 2.08 bits per heavy atom. The highest BCUT2D eigenvalue weighted by Gasteiger charge is 2.54. The van der Waals surface area contributed by atoms with Crippen LogP contribution in [0.15, 0.2) is 0 Å². The minimum atomic E-state index is -0.927. The van der Waals surface area contributed by atoms with Crippen molar-refractivity contribution in [3.05, 3.63) is 0 Å². The molecule has 0 radical (unpaired) electrons. The largest absolute Gasteiger partial charge is 0.387 e. The van der Waals surface area contributed by atoms with Crippen LogP contribution in [0.5, 0.6) is 0 Å². The monoisotopic (exact) mass is 188 g/mol. The molecule has 0 bridgehead atoms. The summed E-state index contributed by atoms with van der Waals surface area (Å²) in [5.41, 5.74) is 0. The van der Waals surface area contributed by atoms with E-state index in [1.165, 1.54) is 0 Å². The van der Waals surface area contributed by atoms with Crippen LogP contribution in [0.3, 0.4) is 0 Å². The second-order valence-corrected chi connectivity index (χ2v) is 3.70. The van der Waals surface area contributed by atoms with Crippen LogP contribution < -0.4 is 0 Å². The van der Waals surface area contributed by atoms with Crippen LogP contribution in [-0.2, 0) is 19.0 Å². The molecule has 2 aliphatic rings. The molecule has 4 atom stereocenters. The zero-order valence-corrected chi connectivity index (χ0v) is 7.47. The van der Waals surface area contributed by atoms with E-state index in [1.54, 1.807) is 13.8 Å². The smallest absolute Gasteiger partial charge is 0.190 e. The van der Waals surface area contributed by atoms with Crippen molar-refractivity contribution in [3.63, 3.8) is 0 Å². The van der Waals surface area contributed by atoms with Gasteiger partial charge >= 0.3 is 0 Å². The Labute approximate surface area is 75.6 Å². The fourth-order valence-electron chi connectivity index (χ4n) is 1.63. The van der Waals surface area contributed by atoms with Gasteiger partial charge in [-0.3, -0.25) is 0 Å². The van der Waals surface area contributed by atoms with E-state index < -0.39 is 30.4 Å². The quantitative estimate of drug-likeness (QED) is 0.558. The van der Waals surface area contributed by atoms with E-state index in [0.29, 0.717) is 6.29 Å². The highest BCUT2D eigenvalue weighted by atomic mass is 16.8. The molecule has 0 amide bonds. The average Bonchev–Trinajstić information content (AvgIpc) is 2.47. The lowest BCUT2D eigenvalue weighted by Gasteiger charge is -2.20. The minimum Gasteiger partial charge on any atom is -0.387 e. The van der Waals surface area contributed by atoms with Gasteiger partial charge in [-0.25, -0.2) is 0 Å². The Kier molecular flexibility index (Phi) is 1.92. The van der Waals surface area contributed by atoms with Gasteiger partial charge in [-0.2, -0.15) is 0 Å². The molecule has 2 heterocycles. The van der Waals surface area contributed by atoms with Crippen LogP contribution >= 0.6 is 0 Å². The molecule has 2 saturated heterocycles. The summed E-state index contributed by atoms with van der Waals surface area (Å²) in [4.78, 5) is 10.4. The van der Waals surface area contributed by atoms with Crippen molar-refractivity contribution in [1.29, 1.82) is 0 Å². The number of aldehydes is 1. The van der Waals surface area contributed by atoms with Gasteiger partial charge in [-0.05, 0) is 13.8 Å². The first-order valence-electron chi connectivity index (χ1n) is 4.18. The van der Waals surface area contributed by atoms with Gasteiger partial charge in [-0.15, -0.1) is 0 Å². The molecular formula is C8H12O5. The Morgan fingerprint density at radius 1 is 1.38 bits per heavy atom. The van der Waals surface area contributed by atoms with Gasteiger partial charge in [0, 0.05) is 0 Å². The van der Waals surface area contributed by atoms with E-state index >= 15 is 0 Å². The summed E-state index contributed by atoms with van der Waals surface area (Å²) < 4.78 is 15.8. The summed E-state index contributed by atoms with van der Waals surface area (Å²) in [7, 11) is 0. The molecule has 0 aromatic carbocycles. The van der Waals surface area contributed by atoms with Crippen LogP contribution in [0.2, 0.25) is 0 Å². The van der Waals surface area contributed by atoms with Gasteiger partial charge in [0.25, 0.3) is 0 Å². The third-order valence-electron chi connectivity index (χ3n) is 2.19. The number of aliphatic hydroxyl groups excluding tert-OH is 1. The predicted octanol–water partition coefficient (Wildman–Crippen LogP) is -0.577. The average molecular weight is 188 g/mol. The van der Waals surface area contributed by atoms with Crippen LogP contribution in [0, 0.1) is 0 Å². The fraction of sp³-hybridized carbons (Fsp3) is 0.875. The van der Waals surface area contributed by atoms with Gasteiger partial charge in [0.2, 0.25) is 0 Å². The summed E-state index contributed by atoms with van der Waals surface area (Å²) in [5, 5.41) is 9.53. The van der Waals surface area contributed by atoms with Crippen molar-refractivity contribution in [2.75, 3.05) is 0 Å². The Bertz CT molecular complexity index is 227. The first-order chi connectivity index (χ1) is 6.03. The number of carbonyl (C=O) groups excluding carboxylic acids is 1. The Morgan fingerprint density at radius 3 is 2.62 bits per heavy atom. The third-order valence-corrected chi connectivity index (χ3v) is 2.19. The van der Waals surface area contributed by atoms with E-state index in [9.17, 15) is 9.90 Å². The summed E-state index contributed by atoms with van der Waals surface area (Å²) >= 11 is 0. The molecule has 13 heavy (non-hydrogen) atoms. The zero-order chi connectivity index (χ0) is 9.64.